The van der Waals surface area contributed by atoms with E-state index in [0.717, 1.165) is 22.3 Å². The van der Waals surface area contributed by atoms with E-state index in [1.807, 2.05) is 62.4 Å². The highest BCUT2D eigenvalue weighted by Gasteiger charge is 2.27. The molecule has 1 N–H and O–H groups in total. The normalized spacial score (nSPS) is 21.7. The monoisotopic (exact) mass is 264 g/mol. The summed E-state index contributed by atoms with van der Waals surface area (Å²) in [6, 6.07) is 15.0. The molecule has 1 aliphatic rings. The van der Waals surface area contributed by atoms with Crippen LogP contribution in [0, 0.1) is 0 Å². The van der Waals surface area contributed by atoms with Crippen molar-refractivity contribution in [1.82, 2.24) is 0 Å². The first-order chi connectivity index (χ1) is 9.61. The molecule has 0 saturated carbocycles. The summed E-state index contributed by atoms with van der Waals surface area (Å²) in [5.74, 6) is 0.0925. The van der Waals surface area contributed by atoms with Gasteiger partial charge in [-0.05, 0) is 23.6 Å². The van der Waals surface area contributed by atoms with Gasteiger partial charge in [-0.2, -0.15) is 0 Å². The van der Waals surface area contributed by atoms with Crippen molar-refractivity contribution in [1.29, 1.82) is 0 Å². The Balaban J connectivity index is 2.39. The molecule has 0 amide bonds. The molecule has 3 rings (SSSR count). The van der Waals surface area contributed by atoms with Crippen molar-refractivity contribution in [2.24, 2.45) is 0 Å². The summed E-state index contributed by atoms with van der Waals surface area (Å²) in [6.45, 7) is 3.75. The van der Waals surface area contributed by atoms with E-state index < -0.39 is 0 Å². The van der Waals surface area contributed by atoms with Crippen LogP contribution in [0.1, 0.15) is 46.8 Å². The van der Waals surface area contributed by atoms with Crippen LogP contribution < -0.4 is 0 Å². The summed E-state index contributed by atoms with van der Waals surface area (Å²) < 4.78 is 0. The van der Waals surface area contributed by atoms with Crippen molar-refractivity contribution in [3.05, 3.63) is 70.8 Å². The number of fused-ring (bicyclic) bond motifs is 2. The quantitative estimate of drug-likeness (QED) is 0.764. The Hall–Kier alpha value is -2.35. The molecule has 0 fully saturated rings. The first kappa shape index (κ1) is 12.7. The van der Waals surface area contributed by atoms with E-state index >= 15 is 0 Å². The number of hydrogen-bond donors (Lipinski definition) is 1. The number of rotatable bonds is 0. The SMILES string of the molecule is C/C1=C(\O)c2ccccc2C(C)C(=O)c2ccccc21. The second-order valence-corrected chi connectivity index (χ2v) is 5.19. The third-order valence-electron chi connectivity index (χ3n) is 4.03. The molecule has 2 aromatic carbocycles. The average Bonchev–Trinajstić information content (AvgIpc) is 2.51. The minimum Gasteiger partial charge on any atom is -0.507 e. The molecule has 2 nitrogen and oxygen atoms in total. The van der Waals surface area contributed by atoms with Crippen molar-refractivity contribution >= 4 is 17.1 Å². The lowest BCUT2D eigenvalue weighted by atomic mass is 9.82. The standard InChI is InChI=1S/C18H16O2/c1-11-13-7-3-5-9-15(13)18(20)12(2)14-8-4-6-10-16(14)17(11)19/h3-11,20H,1-2H3/b18-12+. The summed E-state index contributed by atoms with van der Waals surface area (Å²) in [5, 5.41) is 10.6. The van der Waals surface area contributed by atoms with E-state index in [1.165, 1.54) is 0 Å². The van der Waals surface area contributed by atoms with Gasteiger partial charge in [0.05, 0.1) is 0 Å². The van der Waals surface area contributed by atoms with Gasteiger partial charge in [0.1, 0.15) is 5.76 Å². The molecule has 0 aliphatic heterocycles. The number of aliphatic hydroxyl groups is 1. The highest BCUT2D eigenvalue weighted by atomic mass is 16.3. The minimum absolute atomic E-state index is 0.0971. The van der Waals surface area contributed by atoms with Gasteiger partial charge < -0.3 is 5.11 Å². The fraction of sp³-hybridized carbons (Fsp3) is 0.167. The Kier molecular flexibility index (Phi) is 2.94. The van der Waals surface area contributed by atoms with E-state index in [1.54, 1.807) is 0 Å². The van der Waals surface area contributed by atoms with E-state index in [-0.39, 0.29) is 17.5 Å². The van der Waals surface area contributed by atoms with Crippen LogP contribution in [0.15, 0.2) is 48.5 Å². The van der Waals surface area contributed by atoms with E-state index in [0.29, 0.717) is 5.56 Å². The first-order valence-corrected chi connectivity index (χ1v) is 6.74. The van der Waals surface area contributed by atoms with Gasteiger partial charge in [0.2, 0.25) is 0 Å². The second-order valence-electron chi connectivity index (χ2n) is 5.19. The lowest BCUT2D eigenvalue weighted by molar-refractivity contribution is 0.0965. The number of ketones is 1. The van der Waals surface area contributed by atoms with Gasteiger partial charge in [0, 0.05) is 17.0 Å². The topological polar surface area (TPSA) is 37.3 Å². The van der Waals surface area contributed by atoms with Crippen molar-refractivity contribution in [3.8, 4) is 0 Å². The number of hydrogen-bond acceptors (Lipinski definition) is 2. The molecule has 0 heterocycles. The van der Waals surface area contributed by atoms with Crippen LogP contribution in [0.5, 0.6) is 0 Å². The van der Waals surface area contributed by atoms with Crippen molar-refractivity contribution < 1.29 is 9.90 Å². The largest absolute Gasteiger partial charge is 0.507 e. The van der Waals surface area contributed by atoms with Crippen LogP contribution in [-0.4, -0.2) is 10.9 Å². The minimum atomic E-state index is -0.261. The Morgan fingerprint density at radius 1 is 0.900 bits per heavy atom. The summed E-state index contributed by atoms with van der Waals surface area (Å²) in [5.41, 5.74) is 3.87. The van der Waals surface area contributed by atoms with E-state index in [2.05, 4.69) is 0 Å². The Morgan fingerprint density at radius 2 is 1.45 bits per heavy atom. The number of allylic oxidation sites excluding steroid dienone is 1. The number of carbonyl (C=O) groups is 1. The zero-order valence-electron chi connectivity index (χ0n) is 11.6. The zero-order valence-corrected chi connectivity index (χ0v) is 11.6. The van der Waals surface area contributed by atoms with Crippen LogP contribution in [0.25, 0.3) is 11.3 Å². The summed E-state index contributed by atoms with van der Waals surface area (Å²) >= 11 is 0. The molecular formula is C18H16O2. The van der Waals surface area contributed by atoms with Crippen LogP contribution in [0.2, 0.25) is 0 Å². The lowest BCUT2D eigenvalue weighted by Crippen LogP contribution is -2.15. The Bertz CT molecular complexity index is 726. The lowest BCUT2D eigenvalue weighted by Gasteiger charge is -2.22. The fourth-order valence-electron chi connectivity index (χ4n) is 2.82. The van der Waals surface area contributed by atoms with Gasteiger partial charge in [0.15, 0.2) is 5.78 Å². The van der Waals surface area contributed by atoms with Gasteiger partial charge in [-0.25, -0.2) is 0 Å². The highest BCUT2D eigenvalue weighted by Crippen LogP contribution is 2.36. The van der Waals surface area contributed by atoms with E-state index in [4.69, 9.17) is 0 Å². The maximum absolute atomic E-state index is 12.7. The second kappa shape index (κ2) is 4.64. The van der Waals surface area contributed by atoms with Gasteiger partial charge in [-0.15, -0.1) is 0 Å². The number of benzene rings is 2. The van der Waals surface area contributed by atoms with Gasteiger partial charge in [0.25, 0.3) is 0 Å². The number of aliphatic hydroxyl groups excluding tert-OH is 1. The molecule has 0 bridgehead atoms. The summed E-state index contributed by atoms with van der Waals surface area (Å²) in [7, 11) is 0. The molecule has 0 saturated heterocycles. The smallest absolute Gasteiger partial charge is 0.170 e. The number of carbonyl (C=O) groups excluding carboxylic acids is 1. The maximum Gasteiger partial charge on any atom is 0.170 e. The summed E-state index contributed by atoms with van der Waals surface area (Å²) in [4.78, 5) is 12.7. The fourth-order valence-corrected chi connectivity index (χ4v) is 2.82. The molecular weight excluding hydrogens is 248 g/mol. The molecule has 0 aromatic heterocycles. The zero-order chi connectivity index (χ0) is 14.3. The van der Waals surface area contributed by atoms with Crippen LogP contribution in [0.3, 0.4) is 0 Å². The maximum atomic E-state index is 12.7. The van der Waals surface area contributed by atoms with Crippen molar-refractivity contribution in [2.75, 3.05) is 0 Å². The predicted octanol–water partition coefficient (Wildman–Crippen LogP) is 4.43. The first-order valence-electron chi connectivity index (χ1n) is 6.74. The highest BCUT2D eigenvalue weighted by molar-refractivity contribution is 6.08. The number of Topliss-reactive ketones (excluding diaryl/α,β-unsaturated/α-hetero) is 1. The molecule has 1 unspecified atom stereocenters. The molecule has 0 radical (unpaired) electrons. The third-order valence-corrected chi connectivity index (χ3v) is 4.03. The van der Waals surface area contributed by atoms with Crippen molar-refractivity contribution in [3.63, 3.8) is 0 Å². The molecule has 1 atom stereocenters. The van der Waals surface area contributed by atoms with Gasteiger partial charge in [-0.3, -0.25) is 4.79 Å². The van der Waals surface area contributed by atoms with Crippen molar-refractivity contribution in [2.45, 2.75) is 19.8 Å². The molecule has 100 valence electrons. The van der Waals surface area contributed by atoms with Crippen LogP contribution in [0.4, 0.5) is 0 Å². The molecule has 2 aromatic rings. The third kappa shape index (κ3) is 1.76. The Morgan fingerprint density at radius 3 is 2.15 bits per heavy atom. The van der Waals surface area contributed by atoms with Gasteiger partial charge in [-0.1, -0.05) is 55.5 Å². The summed E-state index contributed by atoms with van der Waals surface area (Å²) in [6.07, 6.45) is 0. The molecule has 1 aliphatic carbocycles. The molecule has 2 heteroatoms. The average molecular weight is 264 g/mol. The predicted molar refractivity (Wildman–Crippen MR) is 80.7 cm³/mol. The molecule has 20 heavy (non-hydrogen) atoms. The van der Waals surface area contributed by atoms with Gasteiger partial charge >= 0.3 is 0 Å². The van der Waals surface area contributed by atoms with Crippen LogP contribution in [-0.2, 0) is 0 Å². The van der Waals surface area contributed by atoms with Crippen LogP contribution >= 0.6 is 0 Å². The Labute approximate surface area is 118 Å². The van der Waals surface area contributed by atoms with E-state index in [9.17, 15) is 9.90 Å². The molecule has 0 spiro atoms.